The lowest BCUT2D eigenvalue weighted by atomic mass is 9.87. The Morgan fingerprint density at radius 3 is 1.55 bits per heavy atom. The standard InChI is InChI=1S/C44H32F6NOP/c1-51(42(52)31-25-32(43(45,46)47)27-33(26-31)44(48,49)50)40(28-53(34-16-4-2-5-17-34)35-18-6-3-7-19-35)38-22-12-13-23-39(38)41-36-20-10-8-14-29(36)24-30-15-9-11-21-37(30)41/h2-27,40H,28H2,1H3/t40-/m0/s1. The highest BCUT2D eigenvalue weighted by atomic mass is 31.1. The molecule has 0 radical (unpaired) electrons. The van der Waals surface area contributed by atoms with Crippen molar-refractivity contribution in [1.29, 1.82) is 0 Å². The summed E-state index contributed by atoms with van der Waals surface area (Å²) < 4.78 is 83.9. The lowest BCUT2D eigenvalue weighted by Gasteiger charge is -2.34. The molecule has 7 aromatic rings. The number of halogens is 6. The van der Waals surface area contributed by atoms with Gasteiger partial charge in [-0.25, -0.2) is 0 Å². The Balaban J connectivity index is 1.46. The SMILES string of the molecule is CN(C(=O)c1cc(C(F)(F)F)cc(C(F)(F)F)c1)[C@@H](CP(c1ccccc1)c1ccccc1)c1ccccc1-c1c2ccccc2cc2ccccc12. The summed E-state index contributed by atoms with van der Waals surface area (Å²) in [6.45, 7) is 0. The topological polar surface area (TPSA) is 20.3 Å². The first kappa shape index (κ1) is 35.9. The van der Waals surface area contributed by atoms with Crippen LogP contribution >= 0.6 is 7.92 Å². The predicted molar refractivity (Wildman–Crippen MR) is 202 cm³/mol. The third-order valence-corrected chi connectivity index (χ3v) is 12.0. The Hall–Kier alpha value is -5.46. The van der Waals surface area contributed by atoms with Crippen LogP contribution in [0, 0.1) is 0 Å². The van der Waals surface area contributed by atoms with Crippen LogP contribution in [-0.2, 0) is 12.4 Å². The maximum atomic E-state index is 14.4. The van der Waals surface area contributed by atoms with Crippen molar-refractivity contribution in [2.75, 3.05) is 13.2 Å². The molecular weight excluding hydrogens is 703 g/mol. The minimum atomic E-state index is -5.11. The van der Waals surface area contributed by atoms with E-state index in [4.69, 9.17) is 0 Å². The van der Waals surface area contributed by atoms with Gasteiger partial charge in [0.1, 0.15) is 0 Å². The molecule has 7 rings (SSSR count). The Labute approximate surface area is 304 Å². The molecule has 1 atom stereocenters. The molecule has 0 aliphatic heterocycles. The summed E-state index contributed by atoms with van der Waals surface area (Å²) in [6.07, 6.45) is -9.88. The van der Waals surface area contributed by atoms with Crippen molar-refractivity contribution in [3.05, 3.63) is 180 Å². The zero-order valence-corrected chi connectivity index (χ0v) is 29.3. The Morgan fingerprint density at radius 2 is 1.04 bits per heavy atom. The molecule has 0 saturated carbocycles. The number of carbonyl (C=O) groups is 1. The summed E-state index contributed by atoms with van der Waals surface area (Å²) in [5, 5.41) is 5.94. The summed E-state index contributed by atoms with van der Waals surface area (Å²) >= 11 is 0. The maximum absolute atomic E-state index is 14.4. The highest BCUT2D eigenvalue weighted by Gasteiger charge is 2.39. The van der Waals surface area contributed by atoms with Gasteiger partial charge >= 0.3 is 12.4 Å². The third-order valence-electron chi connectivity index (χ3n) is 9.47. The van der Waals surface area contributed by atoms with Gasteiger partial charge in [-0.1, -0.05) is 133 Å². The Kier molecular flexibility index (Phi) is 9.84. The summed E-state index contributed by atoms with van der Waals surface area (Å²) in [4.78, 5) is 15.8. The molecule has 2 nitrogen and oxygen atoms in total. The van der Waals surface area contributed by atoms with Gasteiger partial charge in [-0.3, -0.25) is 4.79 Å². The number of alkyl halides is 6. The molecule has 0 saturated heterocycles. The van der Waals surface area contributed by atoms with Crippen LogP contribution in [0.4, 0.5) is 26.3 Å². The van der Waals surface area contributed by atoms with E-state index < -0.39 is 48.9 Å². The summed E-state index contributed by atoms with van der Waals surface area (Å²) in [5.74, 6) is -0.958. The van der Waals surface area contributed by atoms with Gasteiger partial charge in [0.2, 0.25) is 0 Å². The van der Waals surface area contributed by atoms with Crippen molar-refractivity contribution in [1.82, 2.24) is 4.90 Å². The zero-order valence-electron chi connectivity index (χ0n) is 28.4. The number of hydrogen-bond acceptors (Lipinski definition) is 1. The van der Waals surface area contributed by atoms with Crippen molar-refractivity contribution in [3.63, 3.8) is 0 Å². The van der Waals surface area contributed by atoms with Gasteiger partial charge in [-0.15, -0.1) is 0 Å². The second-order valence-electron chi connectivity index (χ2n) is 12.8. The highest BCUT2D eigenvalue weighted by Crippen LogP contribution is 2.46. The molecule has 53 heavy (non-hydrogen) atoms. The molecule has 266 valence electrons. The van der Waals surface area contributed by atoms with Crippen LogP contribution in [0.2, 0.25) is 0 Å². The van der Waals surface area contributed by atoms with Gasteiger partial charge in [-0.05, 0) is 81.0 Å². The van der Waals surface area contributed by atoms with Gasteiger partial charge in [0.05, 0.1) is 17.2 Å². The molecular formula is C44H32F6NOP. The number of nitrogens with zero attached hydrogens (tertiary/aromatic N) is 1. The molecule has 0 aliphatic rings. The van der Waals surface area contributed by atoms with E-state index >= 15 is 0 Å². The normalized spacial score (nSPS) is 12.7. The molecule has 9 heteroatoms. The molecule has 0 aliphatic carbocycles. The van der Waals surface area contributed by atoms with E-state index in [0.29, 0.717) is 23.9 Å². The molecule has 0 spiro atoms. The van der Waals surface area contributed by atoms with E-state index in [1.807, 2.05) is 133 Å². The summed E-state index contributed by atoms with van der Waals surface area (Å²) in [6, 6.07) is 45.4. The van der Waals surface area contributed by atoms with E-state index in [-0.39, 0.29) is 6.07 Å². The van der Waals surface area contributed by atoms with Crippen molar-refractivity contribution in [2.24, 2.45) is 0 Å². The first-order valence-corrected chi connectivity index (χ1v) is 18.4. The van der Waals surface area contributed by atoms with Crippen LogP contribution in [0.1, 0.15) is 33.1 Å². The van der Waals surface area contributed by atoms with Crippen LogP contribution < -0.4 is 10.6 Å². The van der Waals surface area contributed by atoms with Gasteiger partial charge in [-0.2, -0.15) is 26.3 Å². The minimum Gasteiger partial charge on any atom is -0.334 e. The predicted octanol–water partition coefficient (Wildman–Crippen LogP) is 11.6. The minimum absolute atomic E-state index is 0.0409. The second-order valence-corrected chi connectivity index (χ2v) is 15.0. The van der Waals surface area contributed by atoms with E-state index in [9.17, 15) is 31.1 Å². The first-order chi connectivity index (χ1) is 25.4. The number of amides is 1. The van der Waals surface area contributed by atoms with Crippen LogP contribution in [0.5, 0.6) is 0 Å². The molecule has 1 amide bonds. The van der Waals surface area contributed by atoms with Gasteiger partial charge < -0.3 is 4.90 Å². The number of carbonyl (C=O) groups excluding carboxylic acids is 1. The van der Waals surface area contributed by atoms with Crippen molar-refractivity contribution < 1.29 is 31.1 Å². The van der Waals surface area contributed by atoms with Gasteiger partial charge in [0.25, 0.3) is 5.91 Å². The van der Waals surface area contributed by atoms with Crippen LogP contribution in [0.3, 0.4) is 0 Å². The fourth-order valence-electron chi connectivity index (χ4n) is 6.92. The van der Waals surface area contributed by atoms with Crippen molar-refractivity contribution in [2.45, 2.75) is 18.4 Å². The van der Waals surface area contributed by atoms with Crippen LogP contribution in [0.25, 0.3) is 32.7 Å². The lowest BCUT2D eigenvalue weighted by Crippen LogP contribution is -2.35. The highest BCUT2D eigenvalue weighted by molar-refractivity contribution is 7.73. The van der Waals surface area contributed by atoms with Crippen LogP contribution in [-0.4, -0.2) is 24.0 Å². The molecule has 0 fully saturated rings. The molecule has 0 N–H and O–H groups in total. The van der Waals surface area contributed by atoms with Crippen molar-refractivity contribution >= 4 is 46.0 Å². The number of fused-ring (bicyclic) bond motifs is 2. The van der Waals surface area contributed by atoms with Crippen molar-refractivity contribution in [3.8, 4) is 11.1 Å². The quantitative estimate of drug-likeness (QED) is 0.0865. The molecule has 7 aromatic carbocycles. The molecule has 0 aromatic heterocycles. The fraction of sp³-hybridized carbons (Fsp3) is 0.114. The number of rotatable bonds is 8. The molecule has 0 unspecified atom stereocenters. The number of benzene rings is 7. The average molecular weight is 736 g/mol. The largest absolute Gasteiger partial charge is 0.416 e. The van der Waals surface area contributed by atoms with Gasteiger partial charge in [0.15, 0.2) is 0 Å². The van der Waals surface area contributed by atoms with E-state index in [0.717, 1.165) is 43.3 Å². The number of hydrogen-bond donors (Lipinski definition) is 0. The summed E-state index contributed by atoms with van der Waals surface area (Å²) in [7, 11) is 0.267. The maximum Gasteiger partial charge on any atom is 0.416 e. The summed E-state index contributed by atoms with van der Waals surface area (Å²) in [5.41, 5.74) is -1.34. The Bertz CT molecular complexity index is 2280. The first-order valence-electron chi connectivity index (χ1n) is 16.8. The lowest BCUT2D eigenvalue weighted by molar-refractivity contribution is -0.143. The van der Waals surface area contributed by atoms with E-state index in [2.05, 4.69) is 6.07 Å². The monoisotopic (exact) mass is 735 g/mol. The van der Waals surface area contributed by atoms with E-state index in [1.54, 1.807) is 0 Å². The van der Waals surface area contributed by atoms with Gasteiger partial charge in [0, 0.05) is 18.8 Å². The zero-order chi connectivity index (χ0) is 37.3. The fourth-order valence-corrected chi connectivity index (χ4v) is 9.49. The van der Waals surface area contributed by atoms with Crippen LogP contribution in [0.15, 0.2) is 158 Å². The third kappa shape index (κ3) is 7.42. The second kappa shape index (κ2) is 14.5. The Morgan fingerprint density at radius 1 is 0.585 bits per heavy atom. The van der Waals surface area contributed by atoms with E-state index in [1.165, 1.54) is 11.9 Å². The average Bonchev–Trinajstić information content (AvgIpc) is 3.17. The smallest absolute Gasteiger partial charge is 0.334 e. The molecule has 0 bridgehead atoms. The molecule has 0 heterocycles.